The van der Waals surface area contributed by atoms with Crippen LogP contribution in [0.5, 0.6) is 11.5 Å². The molecule has 0 spiro atoms. The molecule has 0 unspecified atom stereocenters. The Bertz CT molecular complexity index is 1370. The fraction of sp³-hybridized carbons (Fsp3) is 0.138. The zero-order chi connectivity index (χ0) is 25.7. The molecule has 4 aromatic carbocycles. The summed E-state index contributed by atoms with van der Waals surface area (Å²) in [6, 6.07) is 19.8. The Hall–Kier alpha value is -4.10. The first kappa shape index (κ1) is 25.0. The third-order valence-electron chi connectivity index (χ3n) is 5.59. The van der Waals surface area contributed by atoms with E-state index in [0.29, 0.717) is 35.7 Å². The van der Waals surface area contributed by atoms with Crippen LogP contribution < -0.4 is 9.47 Å². The molecular formula is C29H23F3O4. The molecule has 0 atom stereocenters. The molecule has 0 aliphatic heterocycles. The minimum atomic E-state index is -1.31. The lowest BCUT2D eigenvalue weighted by Gasteiger charge is -2.10. The van der Waals surface area contributed by atoms with Gasteiger partial charge in [0.2, 0.25) is 0 Å². The van der Waals surface area contributed by atoms with Gasteiger partial charge in [-0.15, -0.1) is 0 Å². The number of benzene rings is 4. The average molecular weight is 492 g/mol. The van der Waals surface area contributed by atoms with E-state index in [4.69, 9.17) is 14.2 Å². The largest absolute Gasteiger partial charge is 0.497 e. The third-order valence-corrected chi connectivity index (χ3v) is 5.59. The first-order valence-electron chi connectivity index (χ1n) is 11.2. The summed E-state index contributed by atoms with van der Waals surface area (Å²) < 4.78 is 59.6. The van der Waals surface area contributed by atoms with E-state index in [1.807, 2.05) is 6.92 Å². The molecule has 0 radical (unpaired) electrons. The zero-order valence-electron chi connectivity index (χ0n) is 19.7. The van der Waals surface area contributed by atoms with Gasteiger partial charge in [-0.1, -0.05) is 42.5 Å². The van der Waals surface area contributed by atoms with Crippen molar-refractivity contribution in [1.29, 1.82) is 0 Å². The molecule has 0 bridgehead atoms. The van der Waals surface area contributed by atoms with Gasteiger partial charge in [0.1, 0.15) is 17.3 Å². The summed E-state index contributed by atoms with van der Waals surface area (Å²) in [6.07, 6.45) is 0. The van der Waals surface area contributed by atoms with E-state index in [-0.39, 0.29) is 11.3 Å². The molecule has 0 amide bonds. The van der Waals surface area contributed by atoms with E-state index in [9.17, 15) is 18.0 Å². The van der Waals surface area contributed by atoms with E-state index < -0.39 is 29.0 Å². The van der Waals surface area contributed by atoms with Crippen molar-refractivity contribution in [2.24, 2.45) is 0 Å². The zero-order valence-corrected chi connectivity index (χ0v) is 19.7. The minimum absolute atomic E-state index is 0.00496. The lowest BCUT2D eigenvalue weighted by molar-refractivity contribution is 0.0728. The molecule has 4 rings (SSSR count). The fourth-order valence-corrected chi connectivity index (χ4v) is 3.67. The molecule has 4 aromatic rings. The van der Waals surface area contributed by atoms with Gasteiger partial charge in [0, 0.05) is 17.7 Å². The van der Waals surface area contributed by atoms with Crippen molar-refractivity contribution in [3.05, 3.63) is 107 Å². The number of esters is 1. The highest BCUT2D eigenvalue weighted by molar-refractivity contribution is 5.92. The van der Waals surface area contributed by atoms with Crippen LogP contribution in [0.1, 0.15) is 22.8 Å². The highest BCUT2D eigenvalue weighted by atomic mass is 19.2. The Morgan fingerprint density at radius 3 is 1.97 bits per heavy atom. The van der Waals surface area contributed by atoms with Crippen LogP contribution in [0.4, 0.5) is 13.2 Å². The normalized spacial score (nSPS) is 10.8. The summed E-state index contributed by atoms with van der Waals surface area (Å²) in [5, 5.41) is 0. The third kappa shape index (κ3) is 5.42. The van der Waals surface area contributed by atoms with Crippen molar-refractivity contribution >= 4 is 5.97 Å². The molecule has 0 aromatic heterocycles. The van der Waals surface area contributed by atoms with E-state index in [0.717, 1.165) is 5.56 Å². The lowest BCUT2D eigenvalue weighted by atomic mass is 10.0. The Balaban J connectivity index is 1.49. The van der Waals surface area contributed by atoms with Crippen molar-refractivity contribution in [3.8, 4) is 33.8 Å². The van der Waals surface area contributed by atoms with Gasteiger partial charge in [0.25, 0.3) is 0 Å². The summed E-state index contributed by atoms with van der Waals surface area (Å²) in [5.74, 6) is -3.24. The number of ether oxygens (including phenoxy) is 3. The van der Waals surface area contributed by atoms with Crippen molar-refractivity contribution < 1.29 is 32.2 Å². The summed E-state index contributed by atoms with van der Waals surface area (Å²) in [6.45, 7) is 2.72. The molecule has 0 saturated heterocycles. The molecule has 0 N–H and O–H groups in total. The first-order valence-corrected chi connectivity index (χ1v) is 11.2. The van der Waals surface area contributed by atoms with Crippen molar-refractivity contribution in [2.75, 3.05) is 13.7 Å². The number of methoxy groups -OCH3 is 1. The van der Waals surface area contributed by atoms with Crippen LogP contribution >= 0.6 is 0 Å². The highest BCUT2D eigenvalue weighted by Crippen LogP contribution is 2.30. The van der Waals surface area contributed by atoms with Crippen LogP contribution in [-0.4, -0.2) is 19.7 Å². The average Bonchev–Trinajstić information content (AvgIpc) is 2.89. The number of hydrogen-bond donors (Lipinski definition) is 0. The Kier molecular flexibility index (Phi) is 7.71. The summed E-state index contributed by atoms with van der Waals surface area (Å²) in [4.78, 5) is 12.5. The van der Waals surface area contributed by atoms with Gasteiger partial charge in [-0.05, 0) is 60.0 Å². The van der Waals surface area contributed by atoms with Crippen molar-refractivity contribution in [3.63, 3.8) is 0 Å². The molecule has 0 aliphatic carbocycles. The maximum Gasteiger partial charge on any atom is 0.346 e. The second-order valence-electron chi connectivity index (χ2n) is 7.88. The van der Waals surface area contributed by atoms with Gasteiger partial charge >= 0.3 is 5.97 Å². The quantitative estimate of drug-likeness (QED) is 0.193. The molecule has 4 nitrogen and oxygen atoms in total. The van der Waals surface area contributed by atoms with E-state index >= 15 is 0 Å². The predicted molar refractivity (Wildman–Crippen MR) is 130 cm³/mol. The molecule has 184 valence electrons. The predicted octanol–water partition coefficient (Wildman–Crippen LogP) is 7.20. The van der Waals surface area contributed by atoms with Crippen molar-refractivity contribution in [2.45, 2.75) is 13.5 Å². The van der Waals surface area contributed by atoms with Crippen LogP contribution in [0.2, 0.25) is 0 Å². The van der Waals surface area contributed by atoms with Crippen molar-refractivity contribution in [1.82, 2.24) is 0 Å². The van der Waals surface area contributed by atoms with Gasteiger partial charge in [-0.3, -0.25) is 0 Å². The lowest BCUT2D eigenvalue weighted by Crippen LogP contribution is -2.12. The van der Waals surface area contributed by atoms with Gasteiger partial charge in [-0.25, -0.2) is 18.0 Å². The van der Waals surface area contributed by atoms with E-state index in [1.54, 1.807) is 48.5 Å². The maximum atomic E-state index is 14.7. The number of hydrogen-bond acceptors (Lipinski definition) is 4. The summed E-state index contributed by atoms with van der Waals surface area (Å²) in [5.41, 5.74) is 1.55. The number of rotatable bonds is 8. The Labute approximate surface area is 206 Å². The monoisotopic (exact) mass is 492 g/mol. The number of halogens is 3. The Morgan fingerprint density at radius 1 is 0.750 bits per heavy atom. The van der Waals surface area contributed by atoms with Gasteiger partial charge in [0.15, 0.2) is 11.6 Å². The van der Waals surface area contributed by atoms with Crippen LogP contribution in [0.25, 0.3) is 22.3 Å². The molecule has 7 heteroatoms. The van der Waals surface area contributed by atoms with Gasteiger partial charge < -0.3 is 14.2 Å². The topological polar surface area (TPSA) is 44.8 Å². The van der Waals surface area contributed by atoms with Crippen LogP contribution in [0.15, 0.2) is 78.9 Å². The van der Waals surface area contributed by atoms with Crippen LogP contribution in [0.3, 0.4) is 0 Å². The molecule has 0 saturated carbocycles. The van der Waals surface area contributed by atoms with Gasteiger partial charge in [0.05, 0.1) is 19.3 Å². The number of carbonyl (C=O) groups excluding carboxylic acids is 1. The second-order valence-corrected chi connectivity index (χ2v) is 7.88. The van der Waals surface area contributed by atoms with Crippen LogP contribution in [-0.2, 0) is 11.3 Å². The van der Waals surface area contributed by atoms with E-state index in [1.165, 1.54) is 37.4 Å². The van der Waals surface area contributed by atoms with E-state index in [2.05, 4.69) is 0 Å². The molecule has 36 heavy (non-hydrogen) atoms. The second kappa shape index (κ2) is 11.1. The SMILES string of the molecule is CCOCc1ccc(-c2ccc(OC(=O)c3ccc(-c4ccc(OC)cc4)c(F)c3F)cc2)c(F)c1. The first-order chi connectivity index (χ1) is 17.4. The molecule has 0 aliphatic rings. The molecule has 0 fully saturated rings. The minimum Gasteiger partial charge on any atom is -0.497 e. The summed E-state index contributed by atoms with van der Waals surface area (Å²) >= 11 is 0. The molecule has 0 heterocycles. The number of carbonyl (C=O) groups is 1. The Morgan fingerprint density at radius 2 is 1.36 bits per heavy atom. The smallest absolute Gasteiger partial charge is 0.346 e. The maximum absolute atomic E-state index is 14.7. The molecular weight excluding hydrogens is 469 g/mol. The fourth-order valence-electron chi connectivity index (χ4n) is 3.67. The standard InChI is InChI=1S/C29H23F3O4/c1-3-35-17-18-4-13-23(26(30)16-18)19-7-11-22(12-8-19)36-29(33)25-15-14-24(27(31)28(25)32)20-5-9-21(34-2)10-6-20/h4-16H,3,17H2,1-2H3. The van der Waals surface area contributed by atoms with Crippen LogP contribution in [0, 0.1) is 17.5 Å². The summed E-state index contributed by atoms with van der Waals surface area (Å²) in [7, 11) is 1.50. The highest BCUT2D eigenvalue weighted by Gasteiger charge is 2.21. The van der Waals surface area contributed by atoms with Gasteiger partial charge in [-0.2, -0.15) is 0 Å².